The van der Waals surface area contributed by atoms with E-state index in [0.29, 0.717) is 24.8 Å². The van der Waals surface area contributed by atoms with Crippen LogP contribution in [0.1, 0.15) is 77.2 Å². The van der Waals surface area contributed by atoms with Gasteiger partial charge in [0.15, 0.2) is 23.9 Å². The van der Waals surface area contributed by atoms with Gasteiger partial charge in [-0.3, -0.25) is 19.2 Å². The molecule has 0 radical (unpaired) electrons. The van der Waals surface area contributed by atoms with Crippen molar-refractivity contribution in [2.24, 2.45) is 28.6 Å². The van der Waals surface area contributed by atoms with Crippen LogP contribution in [0.15, 0.2) is 29.8 Å². The lowest BCUT2D eigenvalue weighted by atomic mass is 9.45. The van der Waals surface area contributed by atoms with Crippen molar-refractivity contribution in [1.29, 1.82) is 0 Å². The highest BCUT2D eigenvalue weighted by atomic mass is 16.5. The molecule has 256 valence electrons. The lowest BCUT2D eigenvalue weighted by Crippen LogP contribution is -2.62. The number of ketones is 2. The number of aliphatic hydroxyl groups is 2. The Balaban J connectivity index is 1.16. The third kappa shape index (κ3) is 6.29. The van der Waals surface area contributed by atoms with Crippen molar-refractivity contribution in [2.45, 2.75) is 95.8 Å². The molecule has 1 aromatic carbocycles. The maximum Gasteiger partial charge on any atom is 0.328 e. The molecule has 5 rings (SSSR count). The van der Waals surface area contributed by atoms with Gasteiger partial charge in [0, 0.05) is 24.7 Å². The molecule has 3 fully saturated rings. The van der Waals surface area contributed by atoms with Gasteiger partial charge < -0.3 is 35.2 Å². The van der Waals surface area contributed by atoms with Crippen molar-refractivity contribution >= 4 is 29.4 Å². The topological polar surface area (TPSA) is 197 Å². The van der Waals surface area contributed by atoms with Crippen LogP contribution < -0.4 is 5.32 Å². The molecule has 0 aliphatic heterocycles. The number of carbonyl (C=O) groups is 5. The van der Waals surface area contributed by atoms with E-state index in [2.05, 4.69) is 12.2 Å². The van der Waals surface area contributed by atoms with Crippen molar-refractivity contribution in [3.05, 3.63) is 35.4 Å². The lowest BCUT2D eigenvalue weighted by Gasteiger charge is -2.60. The van der Waals surface area contributed by atoms with Crippen LogP contribution in [0.3, 0.4) is 0 Å². The summed E-state index contributed by atoms with van der Waals surface area (Å²) in [5.41, 5.74) is -1.47. The van der Waals surface area contributed by atoms with E-state index in [1.54, 1.807) is 6.08 Å². The Morgan fingerprint density at radius 1 is 1.04 bits per heavy atom. The molecule has 3 saturated carbocycles. The fourth-order valence-corrected chi connectivity index (χ4v) is 9.24. The average Bonchev–Trinajstić information content (AvgIpc) is 3.30. The molecule has 0 aromatic heterocycles. The Kier molecular flexibility index (Phi) is 9.58. The molecule has 1 amide bonds. The van der Waals surface area contributed by atoms with Gasteiger partial charge in [0.2, 0.25) is 11.7 Å². The zero-order valence-corrected chi connectivity index (χ0v) is 27.1. The van der Waals surface area contributed by atoms with Gasteiger partial charge in [-0.15, -0.1) is 0 Å². The molecular formula is C35H45NO11. The molecule has 0 heterocycles. The molecule has 0 saturated heterocycles. The molecule has 8 atom stereocenters. The number of hydrogen-bond acceptors (Lipinski definition) is 11. The normalized spacial score (nSPS) is 33.4. The Hall–Kier alpha value is -3.77. The summed E-state index contributed by atoms with van der Waals surface area (Å²) in [7, 11) is 1.15. The monoisotopic (exact) mass is 655 g/mol. The van der Waals surface area contributed by atoms with Crippen LogP contribution in [-0.4, -0.2) is 81.3 Å². The van der Waals surface area contributed by atoms with Gasteiger partial charge in [-0.05, 0) is 85.5 Å². The maximum atomic E-state index is 13.5. The average molecular weight is 656 g/mol. The van der Waals surface area contributed by atoms with Crippen LogP contribution in [0.4, 0.5) is 0 Å². The molecule has 0 spiro atoms. The van der Waals surface area contributed by atoms with E-state index >= 15 is 0 Å². The second-order valence-corrected chi connectivity index (χ2v) is 14.2. The van der Waals surface area contributed by atoms with Gasteiger partial charge in [-0.1, -0.05) is 25.5 Å². The molecule has 47 heavy (non-hydrogen) atoms. The number of amides is 1. The van der Waals surface area contributed by atoms with Crippen molar-refractivity contribution in [2.75, 3.05) is 13.7 Å². The first kappa shape index (κ1) is 34.6. The van der Waals surface area contributed by atoms with E-state index in [1.807, 2.05) is 6.92 Å². The summed E-state index contributed by atoms with van der Waals surface area (Å²) >= 11 is 0. The number of carbonyl (C=O) groups excluding carboxylic acids is 5. The molecule has 12 heteroatoms. The minimum atomic E-state index is -1.79. The Labute approximate surface area is 273 Å². The van der Waals surface area contributed by atoms with Crippen molar-refractivity contribution in [3.63, 3.8) is 0 Å². The molecule has 0 unspecified atom stereocenters. The summed E-state index contributed by atoms with van der Waals surface area (Å²) in [6, 6.07) is 2.85. The number of phenolic OH excluding ortho intramolecular Hbond substituents is 2. The number of Topliss-reactive ketones (excluding diaryl/α,β-unsaturated/α-hetero) is 1. The summed E-state index contributed by atoms with van der Waals surface area (Å²) in [6.45, 7) is 3.31. The second kappa shape index (κ2) is 13.0. The molecule has 12 nitrogen and oxygen atoms in total. The van der Waals surface area contributed by atoms with Crippen LogP contribution in [0.5, 0.6) is 11.5 Å². The van der Waals surface area contributed by atoms with Gasteiger partial charge in [-0.25, -0.2) is 4.79 Å². The number of fused-ring (bicyclic) bond motifs is 5. The highest BCUT2D eigenvalue weighted by Crippen LogP contribution is 2.67. The standard InChI is InChI=1S/C35H45NO11/c1-33-12-10-21(37)16-20(33)5-6-22-23-11-13-35(45,34(23,2)17-27(40)31(22)33)28(41)18-47-30(43)9-8-29(42)36-24(32(44)46-3)14-19-4-7-25(38)26(39)15-19/h4,7,15-16,22-24,27,31,38-40,45H,5-6,8-14,17-18H2,1-3H3,(H,36,42)/t22-,23+,24-,27-,31+,33-,34-,35-/m0/s1. The summed E-state index contributed by atoms with van der Waals surface area (Å²) in [6.07, 6.45) is 3.87. The summed E-state index contributed by atoms with van der Waals surface area (Å²) in [4.78, 5) is 63.1. The highest BCUT2D eigenvalue weighted by molar-refractivity contribution is 5.92. The van der Waals surface area contributed by atoms with Crippen LogP contribution in [0.2, 0.25) is 0 Å². The zero-order valence-electron chi connectivity index (χ0n) is 27.1. The highest BCUT2D eigenvalue weighted by Gasteiger charge is 2.68. The van der Waals surface area contributed by atoms with Crippen LogP contribution in [0, 0.1) is 28.6 Å². The SMILES string of the molecule is COC(=O)[C@H](Cc1ccc(O)c(O)c1)NC(=O)CCC(=O)OCC(=O)[C@@]1(O)CC[C@@H]2[C@@H]3CCC4=CC(=O)CC[C@]4(C)[C@H]3[C@@H](O)C[C@@]21C. The smallest absolute Gasteiger partial charge is 0.328 e. The van der Waals surface area contributed by atoms with E-state index in [1.165, 1.54) is 18.2 Å². The number of benzene rings is 1. The number of methoxy groups -OCH3 is 1. The predicted octanol–water partition coefficient (Wildman–Crippen LogP) is 2.42. The number of rotatable bonds is 10. The van der Waals surface area contributed by atoms with Gasteiger partial charge >= 0.3 is 11.9 Å². The Bertz CT molecular complexity index is 1490. The van der Waals surface area contributed by atoms with Crippen molar-refractivity contribution in [3.8, 4) is 11.5 Å². The summed E-state index contributed by atoms with van der Waals surface area (Å²) < 4.78 is 9.96. The number of phenols is 2. The first-order valence-electron chi connectivity index (χ1n) is 16.3. The van der Waals surface area contributed by atoms with E-state index in [4.69, 9.17) is 9.47 Å². The van der Waals surface area contributed by atoms with Crippen molar-refractivity contribution in [1.82, 2.24) is 5.32 Å². The maximum absolute atomic E-state index is 13.5. The van der Waals surface area contributed by atoms with E-state index in [9.17, 15) is 44.4 Å². The Morgan fingerprint density at radius 2 is 1.79 bits per heavy atom. The zero-order chi connectivity index (χ0) is 34.3. The third-order valence-corrected chi connectivity index (χ3v) is 11.7. The van der Waals surface area contributed by atoms with Gasteiger partial charge in [0.05, 0.1) is 19.6 Å². The number of esters is 2. The van der Waals surface area contributed by atoms with Gasteiger partial charge in [0.25, 0.3) is 0 Å². The number of hydrogen-bond donors (Lipinski definition) is 5. The van der Waals surface area contributed by atoms with Gasteiger partial charge in [-0.2, -0.15) is 0 Å². The minimum Gasteiger partial charge on any atom is -0.504 e. The summed E-state index contributed by atoms with van der Waals surface area (Å²) in [5, 5.41) is 45.1. The quantitative estimate of drug-likeness (QED) is 0.183. The molecule has 1 aromatic rings. The number of aliphatic hydroxyl groups excluding tert-OH is 1. The molecular weight excluding hydrogens is 610 g/mol. The minimum absolute atomic E-state index is 0.0199. The number of allylic oxidation sites excluding steroid dienone is 1. The van der Waals surface area contributed by atoms with E-state index in [-0.39, 0.29) is 72.6 Å². The molecule has 4 aliphatic carbocycles. The lowest BCUT2D eigenvalue weighted by molar-refractivity contribution is -0.184. The number of nitrogens with one attached hydrogen (secondary N) is 1. The fourth-order valence-electron chi connectivity index (χ4n) is 9.24. The van der Waals surface area contributed by atoms with Crippen LogP contribution >= 0.6 is 0 Å². The first-order chi connectivity index (χ1) is 22.1. The van der Waals surface area contributed by atoms with E-state index in [0.717, 1.165) is 25.5 Å². The fraction of sp³-hybridized carbons (Fsp3) is 0.629. The van der Waals surface area contributed by atoms with E-state index < -0.39 is 53.4 Å². The second-order valence-electron chi connectivity index (χ2n) is 14.2. The largest absolute Gasteiger partial charge is 0.504 e. The van der Waals surface area contributed by atoms with Crippen LogP contribution in [-0.2, 0) is 39.9 Å². The van der Waals surface area contributed by atoms with Crippen LogP contribution in [0.25, 0.3) is 0 Å². The molecule has 4 aliphatic rings. The third-order valence-electron chi connectivity index (χ3n) is 11.7. The first-order valence-corrected chi connectivity index (χ1v) is 16.3. The predicted molar refractivity (Wildman–Crippen MR) is 166 cm³/mol. The molecule has 5 N–H and O–H groups in total. The summed E-state index contributed by atoms with van der Waals surface area (Å²) in [5.74, 6) is -3.47. The van der Waals surface area contributed by atoms with Crippen molar-refractivity contribution < 1.29 is 53.9 Å². The molecule has 0 bridgehead atoms. The van der Waals surface area contributed by atoms with Gasteiger partial charge in [0.1, 0.15) is 11.6 Å². The number of aromatic hydroxyl groups is 2. The Morgan fingerprint density at radius 3 is 2.49 bits per heavy atom. The number of ether oxygens (including phenoxy) is 2.